The third-order valence-corrected chi connectivity index (χ3v) is 4.88. The van der Waals surface area contributed by atoms with Gasteiger partial charge in [0.05, 0.1) is 0 Å². The molecular weight excluding hydrogens is 244 g/mol. The summed E-state index contributed by atoms with van der Waals surface area (Å²) in [7, 11) is 0. The van der Waals surface area contributed by atoms with Crippen molar-refractivity contribution >= 4 is 0 Å². The monoisotopic (exact) mass is 265 g/mol. The van der Waals surface area contributed by atoms with Gasteiger partial charge in [-0.05, 0) is 42.7 Å². The molecule has 19 heavy (non-hydrogen) atoms. The first-order valence-corrected chi connectivity index (χ1v) is 7.24. The fourth-order valence-electron chi connectivity index (χ4n) is 3.41. The Kier molecular flexibility index (Phi) is 3.12. The van der Waals surface area contributed by atoms with E-state index < -0.39 is 5.92 Å². The molecular formula is C16H21F2N. The van der Waals surface area contributed by atoms with E-state index in [4.69, 9.17) is 5.73 Å². The van der Waals surface area contributed by atoms with Crippen molar-refractivity contribution in [3.05, 3.63) is 35.4 Å². The summed E-state index contributed by atoms with van der Waals surface area (Å²) >= 11 is 0. The summed E-state index contributed by atoms with van der Waals surface area (Å²) in [6.07, 6.45) is 3.44. The van der Waals surface area contributed by atoms with Gasteiger partial charge in [-0.25, -0.2) is 8.78 Å². The summed E-state index contributed by atoms with van der Waals surface area (Å²) in [6.45, 7) is 0.479. The minimum Gasteiger partial charge on any atom is -0.330 e. The molecule has 1 aromatic rings. The van der Waals surface area contributed by atoms with E-state index in [-0.39, 0.29) is 18.3 Å². The first-order valence-electron chi connectivity index (χ1n) is 7.24. The van der Waals surface area contributed by atoms with Crippen molar-refractivity contribution in [2.75, 3.05) is 6.54 Å². The van der Waals surface area contributed by atoms with Crippen molar-refractivity contribution in [2.45, 2.75) is 55.8 Å². The normalized spacial score (nSPS) is 25.2. The molecule has 2 saturated carbocycles. The third kappa shape index (κ3) is 2.40. The smallest absolute Gasteiger partial charge is 0.248 e. The Morgan fingerprint density at radius 3 is 2.26 bits per heavy atom. The molecule has 0 aliphatic heterocycles. The van der Waals surface area contributed by atoms with Crippen LogP contribution in [0.3, 0.4) is 0 Å². The highest BCUT2D eigenvalue weighted by Gasteiger charge is 2.45. The predicted octanol–water partition coefficient (Wildman–Crippen LogP) is 3.97. The van der Waals surface area contributed by atoms with Gasteiger partial charge in [0.2, 0.25) is 5.92 Å². The fraction of sp³-hybridized carbons (Fsp3) is 0.625. The van der Waals surface area contributed by atoms with E-state index in [0.717, 1.165) is 0 Å². The lowest BCUT2D eigenvalue weighted by Gasteiger charge is -2.41. The van der Waals surface area contributed by atoms with Crippen molar-refractivity contribution in [2.24, 2.45) is 5.73 Å². The summed E-state index contributed by atoms with van der Waals surface area (Å²) in [5.41, 5.74) is 8.39. The van der Waals surface area contributed by atoms with Gasteiger partial charge >= 0.3 is 0 Å². The van der Waals surface area contributed by atoms with Gasteiger partial charge in [-0.2, -0.15) is 0 Å². The van der Waals surface area contributed by atoms with Crippen LogP contribution < -0.4 is 5.73 Å². The molecule has 104 valence electrons. The summed E-state index contributed by atoms with van der Waals surface area (Å²) in [4.78, 5) is 0. The van der Waals surface area contributed by atoms with Crippen molar-refractivity contribution in [3.8, 4) is 0 Å². The topological polar surface area (TPSA) is 26.0 Å². The van der Waals surface area contributed by atoms with Gasteiger partial charge < -0.3 is 5.73 Å². The van der Waals surface area contributed by atoms with Crippen LogP contribution in [-0.2, 0) is 5.41 Å². The Morgan fingerprint density at radius 2 is 1.68 bits per heavy atom. The Hall–Kier alpha value is -0.960. The quantitative estimate of drug-likeness (QED) is 0.879. The highest BCUT2D eigenvalue weighted by atomic mass is 19.3. The first kappa shape index (κ1) is 13.0. The van der Waals surface area contributed by atoms with E-state index in [1.54, 1.807) is 0 Å². The Balaban J connectivity index is 1.94. The van der Waals surface area contributed by atoms with Crippen LogP contribution in [0.5, 0.6) is 0 Å². The zero-order valence-corrected chi connectivity index (χ0v) is 11.2. The van der Waals surface area contributed by atoms with Crippen LogP contribution in [0.15, 0.2) is 24.3 Å². The average molecular weight is 265 g/mol. The van der Waals surface area contributed by atoms with Gasteiger partial charge in [-0.3, -0.25) is 0 Å². The Labute approximate surface area is 113 Å². The van der Waals surface area contributed by atoms with Crippen LogP contribution >= 0.6 is 0 Å². The molecule has 0 atom stereocenters. The van der Waals surface area contributed by atoms with Gasteiger partial charge in [0.15, 0.2) is 0 Å². The molecule has 2 N–H and O–H groups in total. The molecule has 1 aromatic carbocycles. The molecule has 0 heterocycles. The van der Waals surface area contributed by atoms with Crippen LogP contribution in [0, 0.1) is 0 Å². The van der Waals surface area contributed by atoms with Gasteiger partial charge in [-0.15, -0.1) is 0 Å². The summed E-state index contributed by atoms with van der Waals surface area (Å²) < 4.78 is 26.9. The van der Waals surface area contributed by atoms with Crippen molar-refractivity contribution in [1.29, 1.82) is 0 Å². The minimum atomic E-state index is -2.49. The second-order valence-corrected chi connectivity index (χ2v) is 6.20. The van der Waals surface area contributed by atoms with E-state index in [2.05, 4.69) is 18.2 Å². The van der Waals surface area contributed by atoms with Crippen molar-refractivity contribution < 1.29 is 8.78 Å². The Bertz CT molecular complexity index is 456. The molecule has 0 unspecified atom stereocenters. The van der Waals surface area contributed by atoms with Crippen molar-refractivity contribution in [3.63, 3.8) is 0 Å². The predicted molar refractivity (Wildman–Crippen MR) is 72.6 cm³/mol. The molecule has 1 nitrogen and oxygen atoms in total. The molecule has 2 aliphatic rings. The highest BCUT2D eigenvalue weighted by Crippen LogP contribution is 2.50. The van der Waals surface area contributed by atoms with Gasteiger partial charge in [0, 0.05) is 24.8 Å². The van der Waals surface area contributed by atoms with Crippen LogP contribution in [0.4, 0.5) is 8.78 Å². The lowest BCUT2D eigenvalue weighted by Crippen LogP contribution is -2.42. The maximum Gasteiger partial charge on any atom is 0.248 e. The number of rotatable bonds is 3. The number of hydrogen-bond acceptors (Lipinski definition) is 1. The lowest BCUT2D eigenvalue weighted by atomic mass is 9.67. The number of halogens is 2. The molecule has 0 spiro atoms. The minimum absolute atomic E-state index is 0.0246. The SMILES string of the molecule is NCC1(c2ccccc2C2CC2)CCC(F)(F)CC1. The fourth-order valence-corrected chi connectivity index (χ4v) is 3.41. The summed E-state index contributed by atoms with van der Waals surface area (Å²) in [6, 6.07) is 8.35. The molecule has 0 aromatic heterocycles. The third-order valence-electron chi connectivity index (χ3n) is 4.88. The molecule has 0 saturated heterocycles. The second-order valence-electron chi connectivity index (χ2n) is 6.20. The highest BCUT2D eigenvalue weighted by molar-refractivity contribution is 5.40. The number of hydrogen-bond donors (Lipinski definition) is 1. The largest absolute Gasteiger partial charge is 0.330 e. The van der Waals surface area contributed by atoms with E-state index in [9.17, 15) is 8.78 Å². The first-order chi connectivity index (χ1) is 9.06. The molecule has 2 fully saturated rings. The van der Waals surface area contributed by atoms with E-state index >= 15 is 0 Å². The summed E-state index contributed by atoms with van der Waals surface area (Å²) in [5.74, 6) is -1.85. The van der Waals surface area contributed by atoms with Crippen LogP contribution in [0.2, 0.25) is 0 Å². The van der Waals surface area contributed by atoms with Crippen LogP contribution in [0.25, 0.3) is 0 Å². The van der Waals surface area contributed by atoms with Crippen molar-refractivity contribution in [1.82, 2.24) is 0 Å². The van der Waals surface area contributed by atoms with Gasteiger partial charge in [0.25, 0.3) is 0 Å². The second kappa shape index (κ2) is 4.55. The van der Waals surface area contributed by atoms with Crippen LogP contribution in [0.1, 0.15) is 55.6 Å². The number of benzene rings is 1. The Morgan fingerprint density at radius 1 is 1.05 bits per heavy atom. The summed E-state index contributed by atoms with van der Waals surface area (Å²) in [5, 5.41) is 0. The standard InChI is InChI=1S/C16H21F2N/c17-16(18)9-7-15(11-19,8-10-16)14-4-2-1-3-13(14)12-5-6-12/h1-4,12H,5-11,19H2. The molecule has 0 radical (unpaired) electrons. The molecule has 3 rings (SSSR count). The maximum absolute atomic E-state index is 13.4. The molecule has 0 bridgehead atoms. The average Bonchev–Trinajstić information content (AvgIpc) is 3.24. The zero-order valence-electron chi connectivity index (χ0n) is 11.2. The number of alkyl halides is 2. The van der Waals surface area contributed by atoms with E-state index in [0.29, 0.717) is 25.3 Å². The molecule has 3 heteroatoms. The van der Waals surface area contributed by atoms with E-state index in [1.807, 2.05) is 6.07 Å². The maximum atomic E-state index is 13.4. The molecule has 0 amide bonds. The van der Waals surface area contributed by atoms with Gasteiger partial charge in [-0.1, -0.05) is 24.3 Å². The zero-order chi connectivity index (χ0) is 13.5. The van der Waals surface area contributed by atoms with E-state index in [1.165, 1.54) is 24.0 Å². The lowest BCUT2D eigenvalue weighted by molar-refractivity contribution is -0.0510. The van der Waals surface area contributed by atoms with Crippen LogP contribution in [-0.4, -0.2) is 12.5 Å². The molecule has 2 aliphatic carbocycles. The number of nitrogens with two attached hydrogens (primary N) is 1. The van der Waals surface area contributed by atoms with Gasteiger partial charge in [0.1, 0.15) is 0 Å².